The summed E-state index contributed by atoms with van der Waals surface area (Å²) in [5.74, 6) is -0.845. The maximum absolute atomic E-state index is 13.0. The molecule has 2 amide bonds. The molecule has 0 saturated heterocycles. The number of hydrogen-bond acceptors (Lipinski definition) is 2. The van der Waals surface area contributed by atoms with Crippen LogP contribution in [0.3, 0.4) is 0 Å². The Hall–Kier alpha value is -3.29. The van der Waals surface area contributed by atoms with Crippen molar-refractivity contribution >= 4 is 22.7 Å². The second-order valence-corrected chi connectivity index (χ2v) is 7.17. The number of alkyl halides is 3. The third-order valence-electron chi connectivity index (χ3n) is 4.87. The van der Waals surface area contributed by atoms with E-state index in [1.165, 1.54) is 19.1 Å². The molecule has 0 saturated carbocycles. The van der Waals surface area contributed by atoms with E-state index in [9.17, 15) is 22.8 Å². The first kappa shape index (κ1) is 21.4. The van der Waals surface area contributed by atoms with E-state index in [1.54, 1.807) is 13.1 Å². The molecule has 0 aliphatic rings. The zero-order valence-electron chi connectivity index (χ0n) is 16.5. The van der Waals surface area contributed by atoms with Crippen LogP contribution < -0.4 is 10.6 Å². The number of benzene rings is 2. The lowest BCUT2D eigenvalue weighted by atomic mass is 10.0. The van der Waals surface area contributed by atoms with Crippen LogP contribution in [0.1, 0.15) is 36.6 Å². The van der Waals surface area contributed by atoms with Crippen LogP contribution in [-0.4, -0.2) is 22.8 Å². The van der Waals surface area contributed by atoms with Crippen molar-refractivity contribution in [1.29, 1.82) is 0 Å². The minimum atomic E-state index is -4.46. The summed E-state index contributed by atoms with van der Waals surface area (Å²) >= 11 is 0. The fourth-order valence-corrected chi connectivity index (χ4v) is 3.36. The number of H-pyrrole nitrogens is 1. The summed E-state index contributed by atoms with van der Waals surface area (Å²) in [7, 11) is 0. The minimum absolute atomic E-state index is 0.241. The van der Waals surface area contributed by atoms with Crippen molar-refractivity contribution in [2.75, 3.05) is 0 Å². The van der Waals surface area contributed by atoms with Crippen LogP contribution in [0.15, 0.2) is 54.7 Å². The van der Waals surface area contributed by atoms with Gasteiger partial charge in [-0.2, -0.15) is 13.2 Å². The van der Waals surface area contributed by atoms with Gasteiger partial charge >= 0.3 is 6.18 Å². The molecule has 0 radical (unpaired) electrons. The topological polar surface area (TPSA) is 74.0 Å². The smallest absolute Gasteiger partial charge is 0.361 e. The van der Waals surface area contributed by atoms with Crippen molar-refractivity contribution in [3.8, 4) is 0 Å². The predicted octanol–water partition coefficient (Wildman–Crippen LogP) is 4.11. The maximum Gasteiger partial charge on any atom is 0.416 e. The summed E-state index contributed by atoms with van der Waals surface area (Å²) in [4.78, 5) is 27.6. The molecule has 0 fully saturated rings. The number of aromatic nitrogens is 1. The lowest BCUT2D eigenvalue weighted by Crippen LogP contribution is -2.47. The molecule has 0 bridgehead atoms. The number of rotatable bonds is 6. The number of nitrogens with one attached hydrogen (secondary N) is 3. The molecular formula is C22H22F3N3O2. The highest BCUT2D eigenvalue weighted by Crippen LogP contribution is 2.30. The number of hydrogen-bond donors (Lipinski definition) is 3. The van der Waals surface area contributed by atoms with Crippen LogP contribution in [0.2, 0.25) is 0 Å². The number of fused-ring (bicyclic) bond motifs is 1. The Morgan fingerprint density at radius 1 is 1.07 bits per heavy atom. The largest absolute Gasteiger partial charge is 0.416 e. The van der Waals surface area contributed by atoms with E-state index >= 15 is 0 Å². The molecule has 158 valence electrons. The van der Waals surface area contributed by atoms with Crippen LogP contribution in [-0.2, 0) is 22.2 Å². The SMILES string of the molecule is CC(=O)N[C@@H](Cc1c[nH]c2ccccc12)C(=O)N[C@@H](C)c1cccc(C(F)(F)F)c1. The Labute approximate surface area is 171 Å². The van der Waals surface area contributed by atoms with Crippen LogP contribution in [0.5, 0.6) is 0 Å². The van der Waals surface area contributed by atoms with Gasteiger partial charge in [-0.25, -0.2) is 0 Å². The van der Waals surface area contributed by atoms with E-state index in [0.29, 0.717) is 5.56 Å². The third-order valence-corrected chi connectivity index (χ3v) is 4.87. The standard InChI is InChI=1S/C22H22F3N3O2/c1-13(15-6-5-7-17(10-15)22(23,24)25)27-21(30)20(28-14(2)29)11-16-12-26-19-9-4-3-8-18(16)19/h3-10,12-13,20,26H,11H2,1-2H3,(H,27,30)(H,28,29)/t13-,20-/m0/s1. The first-order valence-electron chi connectivity index (χ1n) is 9.45. The van der Waals surface area contributed by atoms with Crippen molar-refractivity contribution in [1.82, 2.24) is 15.6 Å². The summed E-state index contributed by atoms with van der Waals surface area (Å²) in [5.41, 5.74) is 1.31. The van der Waals surface area contributed by atoms with Gasteiger partial charge in [0.2, 0.25) is 11.8 Å². The molecule has 3 N–H and O–H groups in total. The highest BCUT2D eigenvalue weighted by molar-refractivity contribution is 5.89. The fraction of sp³-hybridized carbons (Fsp3) is 0.273. The monoisotopic (exact) mass is 417 g/mol. The van der Waals surface area contributed by atoms with Crippen molar-refractivity contribution in [3.63, 3.8) is 0 Å². The Kier molecular flexibility index (Phi) is 6.14. The first-order valence-corrected chi connectivity index (χ1v) is 9.45. The Morgan fingerprint density at radius 3 is 2.50 bits per heavy atom. The molecule has 0 unspecified atom stereocenters. The van der Waals surface area contributed by atoms with Gasteiger partial charge in [-0.3, -0.25) is 9.59 Å². The number of aromatic amines is 1. The highest BCUT2D eigenvalue weighted by atomic mass is 19.4. The first-order chi connectivity index (χ1) is 14.1. The van der Waals surface area contributed by atoms with Crippen LogP contribution in [0, 0.1) is 0 Å². The molecule has 0 aliphatic heterocycles. The average Bonchev–Trinajstić information content (AvgIpc) is 3.09. The Morgan fingerprint density at radius 2 is 1.80 bits per heavy atom. The van der Waals surface area contributed by atoms with Gasteiger partial charge in [0.1, 0.15) is 6.04 Å². The summed E-state index contributed by atoms with van der Waals surface area (Å²) in [6.45, 7) is 2.91. The lowest BCUT2D eigenvalue weighted by molar-refractivity contribution is -0.137. The van der Waals surface area contributed by atoms with Crippen molar-refractivity contribution in [2.45, 2.75) is 38.5 Å². The number of halogens is 3. The van der Waals surface area contributed by atoms with E-state index in [0.717, 1.165) is 28.6 Å². The minimum Gasteiger partial charge on any atom is -0.361 e. The fourth-order valence-electron chi connectivity index (χ4n) is 3.36. The zero-order valence-corrected chi connectivity index (χ0v) is 16.5. The molecule has 30 heavy (non-hydrogen) atoms. The van der Waals surface area contributed by atoms with Gasteiger partial charge in [-0.1, -0.05) is 30.3 Å². The highest BCUT2D eigenvalue weighted by Gasteiger charge is 2.31. The van der Waals surface area contributed by atoms with E-state index in [2.05, 4.69) is 15.6 Å². The quantitative estimate of drug-likeness (QED) is 0.565. The van der Waals surface area contributed by atoms with Crippen LogP contribution >= 0.6 is 0 Å². The van der Waals surface area contributed by atoms with Gasteiger partial charge in [0, 0.05) is 30.4 Å². The molecule has 8 heteroatoms. The predicted molar refractivity (Wildman–Crippen MR) is 108 cm³/mol. The molecule has 1 aromatic heterocycles. The molecule has 2 atom stereocenters. The van der Waals surface area contributed by atoms with Gasteiger partial charge in [0.25, 0.3) is 0 Å². The van der Waals surface area contributed by atoms with Gasteiger partial charge in [-0.15, -0.1) is 0 Å². The molecule has 0 aliphatic carbocycles. The number of para-hydroxylation sites is 1. The van der Waals surface area contributed by atoms with Gasteiger partial charge in [0.05, 0.1) is 11.6 Å². The molecule has 5 nitrogen and oxygen atoms in total. The lowest BCUT2D eigenvalue weighted by Gasteiger charge is -2.21. The summed E-state index contributed by atoms with van der Waals surface area (Å²) < 4.78 is 38.9. The number of carbonyl (C=O) groups excluding carboxylic acids is 2. The Bertz CT molecular complexity index is 1060. The van der Waals surface area contributed by atoms with Crippen molar-refractivity contribution in [3.05, 3.63) is 71.4 Å². The molecule has 1 heterocycles. The average molecular weight is 417 g/mol. The van der Waals surface area contributed by atoms with Crippen LogP contribution in [0.4, 0.5) is 13.2 Å². The normalized spacial score (nSPS) is 13.6. The van der Waals surface area contributed by atoms with E-state index in [1.807, 2.05) is 24.3 Å². The second kappa shape index (κ2) is 8.61. The third kappa shape index (κ3) is 5.00. The van der Waals surface area contributed by atoms with Crippen molar-refractivity contribution < 1.29 is 22.8 Å². The van der Waals surface area contributed by atoms with Gasteiger partial charge in [-0.05, 0) is 36.2 Å². The summed E-state index contributed by atoms with van der Waals surface area (Å²) in [6.07, 6.45) is -2.44. The number of amides is 2. The van der Waals surface area contributed by atoms with E-state index < -0.39 is 29.7 Å². The molecule has 2 aromatic carbocycles. The number of carbonyl (C=O) groups is 2. The van der Waals surface area contributed by atoms with E-state index in [-0.39, 0.29) is 12.3 Å². The summed E-state index contributed by atoms with van der Waals surface area (Å²) in [6, 6.07) is 10.9. The van der Waals surface area contributed by atoms with Crippen molar-refractivity contribution in [2.24, 2.45) is 0 Å². The molecule has 0 spiro atoms. The second-order valence-electron chi connectivity index (χ2n) is 7.17. The summed E-state index contributed by atoms with van der Waals surface area (Å²) in [5, 5.41) is 6.28. The Balaban J connectivity index is 1.78. The maximum atomic E-state index is 13.0. The van der Waals surface area contributed by atoms with Gasteiger partial charge < -0.3 is 15.6 Å². The van der Waals surface area contributed by atoms with Gasteiger partial charge in [0.15, 0.2) is 0 Å². The van der Waals surface area contributed by atoms with Crippen LogP contribution in [0.25, 0.3) is 10.9 Å². The zero-order chi connectivity index (χ0) is 21.9. The molecule has 3 aromatic rings. The molecule has 3 rings (SSSR count). The van der Waals surface area contributed by atoms with E-state index in [4.69, 9.17) is 0 Å². The molecular weight excluding hydrogens is 395 g/mol.